The zero-order valence-corrected chi connectivity index (χ0v) is 8.79. The molecule has 82 valence electrons. The highest BCUT2D eigenvalue weighted by Crippen LogP contribution is 2.15. The number of rotatable bonds is 7. The second-order valence-electron chi connectivity index (χ2n) is 3.36. The molecule has 0 spiro atoms. The Labute approximate surface area is 85.4 Å². The topological polar surface area (TPSA) is 56.5 Å². The molecule has 0 saturated carbocycles. The molecule has 14 heavy (non-hydrogen) atoms. The van der Waals surface area contributed by atoms with Crippen LogP contribution < -0.4 is 11.3 Å². The van der Waals surface area contributed by atoms with Crippen LogP contribution >= 0.6 is 0 Å². The minimum absolute atomic E-state index is 0.106. The van der Waals surface area contributed by atoms with Crippen molar-refractivity contribution in [1.82, 2.24) is 5.43 Å². The van der Waals surface area contributed by atoms with Crippen LogP contribution in [0.4, 0.5) is 0 Å². The fourth-order valence-corrected chi connectivity index (χ4v) is 1.44. The first-order valence-electron chi connectivity index (χ1n) is 5.25. The molecule has 1 aliphatic heterocycles. The molecule has 0 aromatic heterocycles. The smallest absolute Gasteiger partial charge is 0.110 e. The second-order valence-corrected chi connectivity index (χ2v) is 3.36. The Hall–Kier alpha value is -0.580. The molecule has 0 aromatic rings. The normalized spacial score (nSPS) is 17.7. The number of hydrogen-bond donors (Lipinski definition) is 2. The summed E-state index contributed by atoms with van der Waals surface area (Å²) in [7, 11) is 0. The van der Waals surface area contributed by atoms with Gasteiger partial charge < -0.3 is 9.47 Å². The van der Waals surface area contributed by atoms with Crippen molar-refractivity contribution < 1.29 is 9.47 Å². The Morgan fingerprint density at radius 2 is 2.50 bits per heavy atom. The summed E-state index contributed by atoms with van der Waals surface area (Å²) in [5, 5.41) is 0. The highest BCUT2D eigenvalue weighted by molar-refractivity contribution is 5.06. The maximum absolute atomic E-state index is 5.44. The third-order valence-electron chi connectivity index (χ3n) is 2.18. The van der Waals surface area contributed by atoms with Crippen molar-refractivity contribution in [3.8, 4) is 0 Å². The average molecular weight is 200 g/mol. The number of nitrogens with one attached hydrogen (secondary N) is 1. The van der Waals surface area contributed by atoms with Crippen LogP contribution in [0.2, 0.25) is 0 Å². The summed E-state index contributed by atoms with van der Waals surface area (Å²) in [5.41, 5.74) is 2.75. The van der Waals surface area contributed by atoms with Crippen molar-refractivity contribution in [2.45, 2.75) is 32.2 Å². The van der Waals surface area contributed by atoms with Crippen LogP contribution in [0.3, 0.4) is 0 Å². The van der Waals surface area contributed by atoms with E-state index in [0.29, 0.717) is 0 Å². The molecule has 1 atom stereocenters. The lowest BCUT2D eigenvalue weighted by Crippen LogP contribution is -2.37. The van der Waals surface area contributed by atoms with E-state index >= 15 is 0 Å². The molecular weight excluding hydrogens is 180 g/mol. The Balaban J connectivity index is 2.18. The molecule has 1 heterocycles. The zero-order valence-electron chi connectivity index (χ0n) is 8.79. The summed E-state index contributed by atoms with van der Waals surface area (Å²) in [4.78, 5) is 0. The number of nitrogens with two attached hydrogens (primary N) is 1. The van der Waals surface area contributed by atoms with E-state index in [9.17, 15) is 0 Å². The third kappa shape index (κ3) is 3.65. The van der Waals surface area contributed by atoms with Gasteiger partial charge in [0.2, 0.25) is 0 Å². The molecule has 1 unspecified atom stereocenters. The van der Waals surface area contributed by atoms with Crippen LogP contribution in [0.25, 0.3) is 0 Å². The van der Waals surface area contributed by atoms with Gasteiger partial charge in [-0.05, 0) is 18.9 Å². The lowest BCUT2D eigenvalue weighted by molar-refractivity contribution is 0.118. The van der Waals surface area contributed by atoms with Crippen LogP contribution in [0.5, 0.6) is 0 Å². The maximum atomic E-state index is 5.44. The number of hydrogen-bond acceptors (Lipinski definition) is 4. The fraction of sp³-hybridized carbons (Fsp3) is 0.800. The number of hydrazine groups is 1. The Kier molecular flexibility index (Phi) is 5.59. The van der Waals surface area contributed by atoms with Gasteiger partial charge in [-0.15, -0.1) is 0 Å². The average Bonchev–Trinajstić information content (AvgIpc) is 2.71. The van der Waals surface area contributed by atoms with Gasteiger partial charge in [0, 0.05) is 19.6 Å². The van der Waals surface area contributed by atoms with Crippen molar-refractivity contribution in [3.63, 3.8) is 0 Å². The van der Waals surface area contributed by atoms with Crippen LogP contribution in [0.1, 0.15) is 26.2 Å². The molecule has 0 radical (unpaired) electrons. The molecule has 1 rings (SSSR count). The third-order valence-corrected chi connectivity index (χ3v) is 2.18. The van der Waals surface area contributed by atoms with Crippen LogP contribution in [0, 0.1) is 0 Å². The van der Waals surface area contributed by atoms with E-state index in [4.69, 9.17) is 15.3 Å². The molecule has 4 nitrogen and oxygen atoms in total. The molecule has 1 aliphatic rings. The molecular formula is C10H20N2O2. The molecule has 0 bridgehead atoms. The van der Waals surface area contributed by atoms with Gasteiger partial charge in [0.15, 0.2) is 0 Å². The van der Waals surface area contributed by atoms with Gasteiger partial charge >= 0.3 is 0 Å². The summed E-state index contributed by atoms with van der Waals surface area (Å²) in [6.07, 6.45) is 5.00. The van der Waals surface area contributed by atoms with Gasteiger partial charge in [-0.3, -0.25) is 5.84 Å². The van der Waals surface area contributed by atoms with E-state index in [0.717, 1.165) is 44.8 Å². The van der Waals surface area contributed by atoms with Crippen LogP contribution in [0.15, 0.2) is 11.8 Å². The minimum Gasteiger partial charge on any atom is -0.496 e. The molecule has 0 saturated heterocycles. The molecule has 4 heteroatoms. The van der Waals surface area contributed by atoms with Crippen molar-refractivity contribution in [2.24, 2.45) is 5.84 Å². The van der Waals surface area contributed by atoms with E-state index < -0.39 is 0 Å². The van der Waals surface area contributed by atoms with Crippen LogP contribution in [-0.2, 0) is 9.47 Å². The standard InChI is InChI=1S/C10H20N2O2/c1-2-6-13-8-5-9(12-11)10-4-3-7-14-10/h4,9,12H,2-3,5-8,11H2,1H3. The fourth-order valence-electron chi connectivity index (χ4n) is 1.44. The zero-order chi connectivity index (χ0) is 10.2. The highest BCUT2D eigenvalue weighted by atomic mass is 16.5. The molecule has 0 aromatic carbocycles. The Morgan fingerprint density at radius 1 is 1.64 bits per heavy atom. The highest BCUT2D eigenvalue weighted by Gasteiger charge is 2.16. The van der Waals surface area contributed by atoms with Crippen molar-refractivity contribution in [1.29, 1.82) is 0 Å². The van der Waals surface area contributed by atoms with Gasteiger partial charge in [-0.25, -0.2) is 5.43 Å². The molecule has 0 aliphatic carbocycles. The first-order chi connectivity index (χ1) is 6.88. The maximum Gasteiger partial charge on any atom is 0.110 e. The monoisotopic (exact) mass is 200 g/mol. The predicted molar refractivity (Wildman–Crippen MR) is 55.5 cm³/mol. The SMILES string of the molecule is CCCOCCC(NN)C1=CCCO1. The van der Waals surface area contributed by atoms with Crippen molar-refractivity contribution in [2.75, 3.05) is 19.8 Å². The van der Waals surface area contributed by atoms with Gasteiger partial charge in [-0.2, -0.15) is 0 Å². The summed E-state index contributed by atoms with van der Waals surface area (Å²) in [5.74, 6) is 6.41. The summed E-state index contributed by atoms with van der Waals surface area (Å²) >= 11 is 0. The van der Waals surface area contributed by atoms with E-state index in [-0.39, 0.29) is 6.04 Å². The predicted octanol–water partition coefficient (Wildman–Crippen LogP) is 0.939. The van der Waals surface area contributed by atoms with Gasteiger partial charge in [-0.1, -0.05) is 6.92 Å². The van der Waals surface area contributed by atoms with Crippen LogP contribution in [-0.4, -0.2) is 25.9 Å². The minimum atomic E-state index is 0.106. The number of ether oxygens (including phenoxy) is 2. The molecule has 0 fully saturated rings. The second kappa shape index (κ2) is 6.81. The van der Waals surface area contributed by atoms with Crippen molar-refractivity contribution >= 4 is 0 Å². The van der Waals surface area contributed by atoms with Gasteiger partial charge in [0.05, 0.1) is 12.6 Å². The van der Waals surface area contributed by atoms with E-state index in [1.54, 1.807) is 0 Å². The van der Waals surface area contributed by atoms with E-state index in [1.165, 1.54) is 0 Å². The lowest BCUT2D eigenvalue weighted by atomic mass is 10.2. The van der Waals surface area contributed by atoms with E-state index in [2.05, 4.69) is 18.4 Å². The Bertz CT molecular complexity index is 183. The molecule has 0 amide bonds. The van der Waals surface area contributed by atoms with Gasteiger partial charge in [0.25, 0.3) is 0 Å². The summed E-state index contributed by atoms with van der Waals surface area (Å²) in [6, 6.07) is 0.106. The Morgan fingerprint density at radius 3 is 3.07 bits per heavy atom. The molecule has 3 N–H and O–H groups in total. The lowest BCUT2D eigenvalue weighted by Gasteiger charge is -2.16. The van der Waals surface area contributed by atoms with E-state index in [1.807, 2.05) is 0 Å². The summed E-state index contributed by atoms with van der Waals surface area (Å²) < 4.78 is 10.8. The first kappa shape index (κ1) is 11.5. The van der Waals surface area contributed by atoms with Crippen molar-refractivity contribution in [3.05, 3.63) is 11.8 Å². The van der Waals surface area contributed by atoms with Gasteiger partial charge in [0.1, 0.15) is 5.76 Å². The first-order valence-corrected chi connectivity index (χ1v) is 5.25. The summed E-state index contributed by atoms with van der Waals surface area (Å²) in [6.45, 7) is 4.42. The quantitative estimate of drug-likeness (QED) is 0.365. The largest absolute Gasteiger partial charge is 0.496 e.